The predicted octanol–water partition coefficient (Wildman–Crippen LogP) is 5.55. The van der Waals surface area contributed by atoms with Crippen LogP contribution >= 0.6 is 35.7 Å². The molecule has 3 aromatic rings. The van der Waals surface area contributed by atoms with Crippen molar-refractivity contribution in [2.24, 2.45) is 0 Å². The molecule has 0 bridgehead atoms. The molecule has 1 aliphatic rings. The number of hydrogen-bond donors (Lipinski definition) is 0. The van der Waals surface area contributed by atoms with Crippen LogP contribution in [0.5, 0.6) is 0 Å². The summed E-state index contributed by atoms with van der Waals surface area (Å²) in [5, 5.41) is 0.571. The van der Waals surface area contributed by atoms with Crippen LogP contribution in [0.4, 0.5) is 0 Å². The lowest BCUT2D eigenvalue weighted by Gasteiger charge is -2.13. The summed E-state index contributed by atoms with van der Waals surface area (Å²) in [7, 11) is 0. The standard InChI is InChI=1S/C24H23N3O2S3/c1-3-4-8-13-26-23(29)19(32-24(26)30)14-18-21(31-17-9-6-5-7-10-17)25-20-12-11-16(2)15-27(20)22(18)28/h5-7,9-12,14-15H,3-4,8,13H2,1-2H3. The fourth-order valence-electron chi connectivity index (χ4n) is 3.38. The Hall–Kier alpha value is -2.42. The van der Waals surface area contributed by atoms with Crippen molar-refractivity contribution in [3.05, 3.63) is 75.0 Å². The molecule has 3 heterocycles. The van der Waals surface area contributed by atoms with Gasteiger partial charge in [-0.25, -0.2) is 4.98 Å². The molecule has 0 spiro atoms. The van der Waals surface area contributed by atoms with Crippen LogP contribution in [-0.2, 0) is 4.79 Å². The first kappa shape index (κ1) is 22.8. The molecule has 1 aliphatic heterocycles. The molecule has 0 N–H and O–H groups in total. The first-order chi connectivity index (χ1) is 15.5. The number of hydrogen-bond acceptors (Lipinski definition) is 6. The van der Waals surface area contributed by atoms with Gasteiger partial charge in [-0.3, -0.25) is 18.9 Å². The van der Waals surface area contributed by atoms with Crippen LogP contribution in [0, 0.1) is 6.92 Å². The van der Waals surface area contributed by atoms with E-state index in [0.29, 0.717) is 32.0 Å². The van der Waals surface area contributed by atoms with E-state index in [1.54, 1.807) is 17.2 Å². The molecule has 1 saturated heterocycles. The number of rotatable bonds is 7. The van der Waals surface area contributed by atoms with Crippen molar-refractivity contribution < 1.29 is 4.79 Å². The number of aromatic nitrogens is 2. The van der Waals surface area contributed by atoms with Crippen molar-refractivity contribution in [3.63, 3.8) is 0 Å². The highest BCUT2D eigenvalue weighted by Crippen LogP contribution is 2.35. The molecule has 1 fully saturated rings. The Bertz CT molecular complexity index is 1270. The van der Waals surface area contributed by atoms with E-state index in [0.717, 1.165) is 29.7 Å². The summed E-state index contributed by atoms with van der Waals surface area (Å²) in [6, 6.07) is 13.5. The summed E-state index contributed by atoms with van der Waals surface area (Å²) in [4.78, 5) is 34.3. The molecular weight excluding hydrogens is 458 g/mol. The van der Waals surface area contributed by atoms with Gasteiger partial charge in [-0.2, -0.15) is 0 Å². The Morgan fingerprint density at radius 1 is 1.12 bits per heavy atom. The zero-order valence-electron chi connectivity index (χ0n) is 17.9. The number of pyridine rings is 1. The molecule has 1 amide bonds. The molecule has 0 atom stereocenters. The second-order valence-electron chi connectivity index (χ2n) is 7.53. The lowest BCUT2D eigenvalue weighted by atomic mass is 10.2. The number of carbonyl (C=O) groups excluding carboxylic acids is 1. The number of thiocarbonyl (C=S) groups is 1. The maximum Gasteiger partial charge on any atom is 0.266 e. The van der Waals surface area contributed by atoms with Crippen LogP contribution in [0.2, 0.25) is 0 Å². The van der Waals surface area contributed by atoms with E-state index in [4.69, 9.17) is 17.2 Å². The van der Waals surface area contributed by atoms with Gasteiger partial charge in [0.15, 0.2) is 0 Å². The quantitative estimate of drug-likeness (QED) is 0.191. The van der Waals surface area contributed by atoms with Crippen molar-refractivity contribution >= 4 is 57.7 Å². The Morgan fingerprint density at radius 2 is 1.91 bits per heavy atom. The van der Waals surface area contributed by atoms with E-state index in [2.05, 4.69) is 6.92 Å². The number of nitrogens with zero attached hydrogens (tertiary/aromatic N) is 3. The highest BCUT2D eigenvalue weighted by Gasteiger charge is 2.32. The van der Waals surface area contributed by atoms with Crippen molar-refractivity contribution in [1.82, 2.24) is 14.3 Å². The lowest BCUT2D eigenvalue weighted by Crippen LogP contribution is -2.29. The number of thioether (sulfide) groups is 1. The van der Waals surface area contributed by atoms with E-state index < -0.39 is 0 Å². The Labute approximate surface area is 200 Å². The van der Waals surface area contributed by atoms with Gasteiger partial charge in [-0.05, 0) is 43.2 Å². The Kier molecular flexibility index (Phi) is 7.13. The number of amides is 1. The fraction of sp³-hybridized carbons (Fsp3) is 0.250. The molecule has 8 heteroatoms. The maximum absolute atomic E-state index is 13.5. The molecule has 4 rings (SSSR count). The topological polar surface area (TPSA) is 54.7 Å². The minimum atomic E-state index is -0.201. The minimum absolute atomic E-state index is 0.138. The second-order valence-corrected chi connectivity index (χ2v) is 10.3. The SMILES string of the molecule is CCCCCN1C(=O)C(=Cc2c(Sc3ccccc3)nc3ccc(C)cn3c2=O)SC1=S. The maximum atomic E-state index is 13.5. The second kappa shape index (κ2) is 10.0. The van der Waals surface area contributed by atoms with E-state index in [1.807, 2.05) is 49.4 Å². The molecule has 0 aliphatic carbocycles. The molecule has 2 aromatic heterocycles. The average Bonchev–Trinajstić information content (AvgIpc) is 3.05. The number of unbranched alkanes of at least 4 members (excludes halogenated alkanes) is 2. The Balaban J connectivity index is 1.79. The van der Waals surface area contributed by atoms with Gasteiger partial charge in [-0.1, -0.05) is 79.8 Å². The third-order valence-electron chi connectivity index (χ3n) is 5.06. The number of fused-ring (bicyclic) bond motifs is 1. The van der Waals surface area contributed by atoms with Crippen LogP contribution < -0.4 is 5.56 Å². The Morgan fingerprint density at radius 3 is 2.66 bits per heavy atom. The zero-order chi connectivity index (χ0) is 22.7. The lowest BCUT2D eigenvalue weighted by molar-refractivity contribution is -0.122. The molecule has 0 unspecified atom stereocenters. The molecule has 1 aromatic carbocycles. The average molecular weight is 482 g/mol. The summed E-state index contributed by atoms with van der Waals surface area (Å²) in [6.45, 7) is 4.66. The van der Waals surface area contributed by atoms with Gasteiger partial charge < -0.3 is 0 Å². The van der Waals surface area contributed by atoms with Crippen LogP contribution in [0.3, 0.4) is 0 Å². The van der Waals surface area contributed by atoms with Crippen LogP contribution in [0.1, 0.15) is 37.3 Å². The molecule has 164 valence electrons. The zero-order valence-corrected chi connectivity index (χ0v) is 20.4. The summed E-state index contributed by atoms with van der Waals surface area (Å²) >= 11 is 8.11. The number of benzene rings is 1. The monoisotopic (exact) mass is 481 g/mol. The van der Waals surface area contributed by atoms with Gasteiger partial charge in [0.1, 0.15) is 15.0 Å². The summed E-state index contributed by atoms with van der Waals surface area (Å²) in [6.07, 6.45) is 6.46. The van der Waals surface area contributed by atoms with Crippen molar-refractivity contribution in [2.45, 2.75) is 43.0 Å². The third-order valence-corrected chi connectivity index (χ3v) is 7.45. The number of carbonyl (C=O) groups is 1. The molecule has 0 radical (unpaired) electrons. The van der Waals surface area contributed by atoms with E-state index in [-0.39, 0.29) is 11.5 Å². The summed E-state index contributed by atoms with van der Waals surface area (Å²) < 4.78 is 2.08. The summed E-state index contributed by atoms with van der Waals surface area (Å²) in [5.41, 5.74) is 1.73. The van der Waals surface area contributed by atoms with Gasteiger partial charge in [0.05, 0.1) is 10.5 Å². The summed E-state index contributed by atoms with van der Waals surface area (Å²) in [5.74, 6) is -0.138. The van der Waals surface area contributed by atoms with Crippen LogP contribution in [0.25, 0.3) is 11.7 Å². The molecule has 32 heavy (non-hydrogen) atoms. The highest BCUT2D eigenvalue weighted by molar-refractivity contribution is 8.26. The largest absolute Gasteiger partial charge is 0.293 e. The third kappa shape index (κ3) is 4.82. The normalized spacial score (nSPS) is 15.3. The van der Waals surface area contributed by atoms with Crippen molar-refractivity contribution in [2.75, 3.05) is 6.54 Å². The van der Waals surface area contributed by atoms with Crippen LogP contribution in [-0.4, -0.2) is 31.1 Å². The van der Waals surface area contributed by atoms with Gasteiger partial charge in [0.25, 0.3) is 11.5 Å². The fourth-order valence-corrected chi connectivity index (χ4v) is 5.59. The highest BCUT2D eigenvalue weighted by atomic mass is 32.2. The van der Waals surface area contributed by atoms with Crippen molar-refractivity contribution in [1.29, 1.82) is 0 Å². The molecular formula is C24H23N3O2S3. The van der Waals surface area contributed by atoms with Gasteiger partial charge >= 0.3 is 0 Å². The van der Waals surface area contributed by atoms with Crippen molar-refractivity contribution in [3.8, 4) is 0 Å². The van der Waals surface area contributed by atoms with Gasteiger partial charge in [0.2, 0.25) is 0 Å². The van der Waals surface area contributed by atoms with E-state index in [1.165, 1.54) is 27.9 Å². The van der Waals surface area contributed by atoms with E-state index in [9.17, 15) is 9.59 Å². The first-order valence-corrected chi connectivity index (χ1v) is 12.5. The predicted molar refractivity (Wildman–Crippen MR) is 136 cm³/mol. The smallest absolute Gasteiger partial charge is 0.266 e. The molecule has 0 saturated carbocycles. The van der Waals surface area contributed by atoms with E-state index >= 15 is 0 Å². The van der Waals surface area contributed by atoms with Gasteiger partial charge in [0, 0.05) is 17.6 Å². The number of aryl methyl sites for hydroxylation is 1. The van der Waals surface area contributed by atoms with Crippen LogP contribution in [0.15, 0.2) is 68.3 Å². The molecule has 5 nitrogen and oxygen atoms in total. The first-order valence-electron chi connectivity index (χ1n) is 10.5. The van der Waals surface area contributed by atoms with Gasteiger partial charge in [-0.15, -0.1) is 0 Å². The minimum Gasteiger partial charge on any atom is -0.293 e.